The molecule has 2 amide bonds. The van der Waals surface area contributed by atoms with Crippen molar-refractivity contribution in [3.8, 4) is 0 Å². The van der Waals surface area contributed by atoms with E-state index in [2.05, 4.69) is 10.6 Å². The van der Waals surface area contributed by atoms with Gasteiger partial charge < -0.3 is 15.4 Å². The van der Waals surface area contributed by atoms with Crippen LogP contribution >= 0.6 is 0 Å². The lowest BCUT2D eigenvalue weighted by molar-refractivity contribution is -0.116. The van der Waals surface area contributed by atoms with Crippen LogP contribution in [0, 0.1) is 5.92 Å². The number of carbonyl (C=O) groups is 2. The van der Waals surface area contributed by atoms with Crippen LogP contribution in [-0.2, 0) is 9.53 Å². The molecule has 0 aliphatic rings. The number of hydrogen-bond acceptors (Lipinski definition) is 3. The Hall–Kier alpha value is -1.88. The van der Waals surface area contributed by atoms with Gasteiger partial charge in [0, 0.05) is 26.2 Å². The van der Waals surface area contributed by atoms with Crippen LogP contribution in [0.25, 0.3) is 0 Å². The van der Waals surface area contributed by atoms with E-state index in [4.69, 9.17) is 4.74 Å². The fourth-order valence-corrected chi connectivity index (χ4v) is 1.98. The van der Waals surface area contributed by atoms with Crippen LogP contribution in [0.15, 0.2) is 24.3 Å². The van der Waals surface area contributed by atoms with E-state index < -0.39 is 0 Å². The molecule has 0 aliphatic carbocycles. The highest BCUT2D eigenvalue weighted by Crippen LogP contribution is 2.16. The van der Waals surface area contributed by atoms with Crippen molar-refractivity contribution in [1.82, 2.24) is 5.32 Å². The third-order valence-corrected chi connectivity index (χ3v) is 2.99. The predicted molar refractivity (Wildman–Crippen MR) is 88.0 cm³/mol. The van der Waals surface area contributed by atoms with Crippen LogP contribution in [0.4, 0.5) is 5.69 Å². The maximum absolute atomic E-state index is 12.2. The number of rotatable bonds is 9. The molecule has 0 heterocycles. The highest BCUT2D eigenvalue weighted by atomic mass is 16.5. The van der Waals surface area contributed by atoms with Gasteiger partial charge in [0.05, 0.1) is 11.3 Å². The Bertz CT molecular complexity index is 487. The molecule has 0 saturated carbocycles. The number of nitrogens with one attached hydrogen (secondary N) is 2. The molecule has 0 fully saturated rings. The lowest BCUT2D eigenvalue weighted by Crippen LogP contribution is -2.27. The summed E-state index contributed by atoms with van der Waals surface area (Å²) in [4.78, 5) is 24.1. The monoisotopic (exact) mass is 306 g/mol. The van der Waals surface area contributed by atoms with Crippen molar-refractivity contribution in [2.24, 2.45) is 5.92 Å². The van der Waals surface area contributed by atoms with Crippen molar-refractivity contribution in [3.05, 3.63) is 29.8 Å². The van der Waals surface area contributed by atoms with E-state index >= 15 is 0 Å². The lowest BCUT2D eigenvalue weighted by Gasteiger charge is -2.12. The second kappa shape index (κ2) is 9.95. The van der Waals surface area contributed by atoms with E-state index in [0.29, 0.717) is 37.4 Å². The normalized spacial score (nSPS) is 10.5. The Morgan fingerprint density at radius 3 is 2.64 bits per heavy atom. The lowest BCUT2D eigenvalue weighted by atomic mass is 10.1. The van der Waals surface area contributed by atoms with Crippen LogP contribution < -0.4 is 10.6 Å². The maximum Gasteiger partial charge on any atom is 0.253 e. The van der Waals surface area contributed by atoms with Crippen molar-refractivity contribution in [3.63, 3.8) is 0 Å². The van der Waals surface area contributed by atoms with Crippen molar-refractivity contribution in [2.45, 2.75) is 33.6 Å². The summed E-state index contributed by atoms with van der Waals surface area (Å²) in [5.74, 6) is 0.0168. The van der Waals surface area contributed by atoms with E-state index in [9.17, 15) is 9.59 Å². The zero-order valence-electron chi connectivity index (χ0n) is 13.6. The van der Waals surface area contributed by atoms with Gasteiger partial charge in [0.2, 0.25) is 5.91 Å². The number of ether oxygens (including phenoxy) is 1. The van der Waals surface area contributed by atoms with Gasteiger partial charge in [-0.1, -0.05) is 26.0 Å². The Labute approximate surface area is 132 Å². The molecule has 2 N–H and O–H groups in total. The molecule has 0 saturated heterocycles. The Balaban J connectivity index is 2.58. The summed E-state index contributed by atoms with van der Waals surface area (Å²) in [6, 6.07) is 7.04. The first-order valence-corrected chi connectivity index (χ1v) is 7.79. The van der Waals surface area contributed by atoms with E-state index in [1.165, 1.54) is 0 Å². The molecule has 0 bridgehead atoms. The fourth-order valence-electron chi connectivity index (χ4n) is 1.98. The molecule has 0 aromatic heterocycles. The van der Waals surface area contributed by atoms with Gasteiger partial charge in [-0.15, -0.1) is 0 Å². The van der Waals surface area contributed by atoms with Crippen molar-refractivity contribution in [1.29, 1.82) is 0 Å². The minimum atomic E-state index is -0.183. The van der Waals surface area contributed by atoms with E-state index in [1.54, 1.807) is 24.3 Å². The number of anilines is 1. The molecule has 5 nitrogen and oxygen atoms in total. The average Bonchev–Trinajstić information content (AvgIpc) is 2.46. The Morgan fingerprint density at radius 2 is 1.95 bits per heavy atom. The predicted octanol–water partition coefficient (Wildman–Crippen LogP) is 2.83. The maximum atomic E-state index is 12.2. The van der Waals surface area contributed by atoms with E-state index in [1.807, 2.05) is 20.8 Å². The zero-order chi connectivity index (χ0) is 16.4. The van der Waals surface area contributed by atoms with Crippen LogP contribution in [0.3, 0.4) is 0 Å². The highest BCUT2D eigenvalue weighted by Gasteiger charge is 2.13. The smallest absolute Gasteiger partial charge is 0.253 e. The molecule has 0 spiro atoms. The largest absolute Gasteiger partial charge is 0.382 e. The third kappa shape index (κ3) is 6.72. The fraction of sp³-hybridized carbons (Fsp3) is 0.529. The molecule has 1 aromatic rings. The van der Waals surface area contributed by atoms with Gasteiger partial charge in [-0.25, -0.2) is 0 Å². The van der Waals surface area contributed by atoms with Gasteiger partial charge in [0.1, 0.15) is 0 Å². The molecule has 122 valence electrons. The minimum Gasteiger partial charge on any atom is -0.382 e. The van der Waals surface area contributed by atoms with Gasteiger partial charge >= 0.3 is 0 Å². The summed E-state index contributed by atoms with van der Waals surface area (Å²) in [6.07, 6.45) is 1.20. The van der Waals surface area contributed by atoms with Crippen LogP contribution in [-0.4, -0.2) is 31.6 Å². The summed E-state index contributed by atoms with van der Waals surface area (Å²) in [7, 11) is 0. The van der Waals surface area contributed by atoms with Gasteiger partial charge in [-0.3, -0.25) is 9.59 Å². The van der Waals surface area contributed by atoms with Crippen LogP contribution in [0.5, 0.6) is 0 Å². The minimum absolute atomic E-state index is 0.0772. The summed E-state index contributed by atoms with van der Waals surface area (Å²) in [5.41, 5.74) is 1.03. The second-order valence-corrected chi connectivity index (χ2v) is 5.50. The van der Waals surface area contributed by atoms with E-state index in [-0.39, 0.29) is 17.7 Å². The molecular formula is C17H26N2O3. The summed E-state index contributed by atoms with van der Waals surface area (Å²) in [6.45, 7) is 7.76. The first kappa shape index (κ1) is 18.2. The number of hydrogen-bond donors (Lipinski definition) is 2. The van der Waals surface area contributed by atoms with Crippen LogP contribution in [0.2, 0.25) is 0 Å². The average molecular weight is 306 g/mol. The van der Waals surface area contributed by atoms with Gasteiger partial charge in [-0.05, 0) is 31.4 Å². The Kier molecular flexibility index (Phi) is 8.22. The molecule has 22 heavy (non-hydrogen) atoms. The standard InChI is InChI=1S/C17H26N2O3/c1-4-22-11-7-10-18-17(21)14-8-5-6-9-15(14)19-16(20)12-13(2)3/h5-6,8-9,13H,4,7,10-12H2,1-3H3,(H,18,21)(H,19,20). The molecule has 0 atom stereocenters. The van der Waals surface area contributed by atoms with Gasteiger partial charge in [0.25, 0.3) is 5.91 Å². The molecule has 0 aliphatic heterocycles. The summed E-state index contributed by atoms with van der Waals surface area (Å²) >= 11 is 0. The topological polar surface area (TPSA) is 67.4 Å². The quantitative estimate of drug-likeness (QED) is 0.689. The number of para-hydroxylation sites is 1. The van der Waals surface area contributed by atoms with Gasteiger partial charge in [0.15, 0.2) is 0 Å². The second-order valence-electron chi connectivity index (χ2n) is 5.50. The van der Waals surface area contributed by atoms with Crippen molar-refractivity contribution in [2.75, 3.05) is 25.1 Å². The summed E-state index contributed by atoms with van der Waals surface area (Å²) < 4.78 is 5.23. The first-order valence-electron chi connectivity index (χ1n) is 7.79. The van der Waals surface area contributed by atoms with Gasteiger partial charge in [-0.2, -0.15) is 0 Å². The van der Waals surface area contributed by atoms with Crippen molar-refractivity contribution >= 4 is 17.5 Å². The van der Waals surface area contributed by atoms with E-state index in [0.717, 1.165) is 6.42 Å². The Morgan fingerprint density at radius 1 is 1.23 bits per heavy atom. The molecule has 5 heteroatoms. The number of carbonyl (C=O) groups excluding carboxylic acids is 2. The zero-order valence-corrected chi connectivity index (χ0v) is 13.6. The first-order chi connectivity index (χ1) is 10.5. The SMILES string of the molecule is CCOCCCNC(=O)c1ccccc1NC(=O)CC(C)C. The van der Waals surface area contributed by atoms with Crippen molar-refractivity contribution < 1.29 is 14.3 Å². The molecule has 0 unspecified atom stereocenters. The molecule has 0 radical (unpaired) electrons. The number of amides is 2. The summed E-state index contributed by atoms with van der Waals surface area (Å²) in [5, 5.41) is 5.65. The third-order valence-electron chi connectivity index (χ3n) is 2.99. The highest BCUT2D eigenvalue weighted by molar-refractivity contribution is 6.03. The molecule has 1 aromatic carbocycles. The molecular weight excluding hydrogens is 280 g/mol. The molecule has 1 rings (SSSR count). The van der Waals surface area contributed by atoms with Crippen LogP contribution in [0.1, 0.15) is 44.0 Å². The number of benzene rings is 1.